The van der Waals surface area contributed by atoms with E-state index in [9.17, 15) is 9.59 Å². The van der Waals surface area contributed by atoms with Gasteiger partial charge in [-0.15, -0.1) is 0 Å². The molecule has 1 saturated heterocycles. The summed E-state index contributed by atoms with van der Waals surface area (Å²) in [6, 6.07) is 13.3. The number of benzene rings is 2. The van der Waals surface area contributed by atoms with Gasteiger partial charge in [0.05, 0.1) is 51.6 Å². The second-order valence-corrected chi connectivity index (χ2v) is 9.38. The number of rotatable bonds is 10. The maximum atomic E-state index is 13.6. The van der Waals surface area contributed by atoms with Crippen molar-refractivity contribution in [2.24, 2.45) is 11.0 Å². The normalized spacial score (nSPS) is 18.2. The number of likely N-dealkylation sites (tertiary alicyclic amines) is 1. The van der Waals surface area contributed by atoms with Crippen LogP contribution in [0.4, 0.5) is 0 Å². The van der Waals surface area contributed by atoms with Crippen LogP contribution in [0, 0.1) is 5.92 Å². The molecule has 0 radical (unpaired) electrons. The smallest absolute Gasteiger partial charge is 0.309 e. The molecule has 0 saturated carbocycles. The molecule has 9 nitrogen and oxygen atoms in total. The standard InChI is InChI=1S/C29H37N3O6/c1-5-37-23-10-7-20(8-11-23)25-18-24(22-9-12-26(35-3)27(17-22)36-4)30-32(25)28(33)19-31-15-13-21(14-16-31)29(34)38-6-2/h7-12,17,21,25H,5-6,13-16,18-19H2,1-4H3. The van der Waals surface area contributed by atoms with Crippen LogP contribution in [0.5, 0.6) is 17.2 Å². The highest BCUT2D eigenvalue weighted by Gasteiger charge is 2.35. The summed E-state index contributed by atoms with van der Waals surface area (Å²) in [5.41, 5.74) is 2.67. The van der Waals surface area contributed by atoms with Crippen molar-refractivity contribution in [1.29, 1.82) is 0 Å². The monoisotopic (exact) mass is 523 g/mol. The van der Waals surface area contributed by atoms with E-state index in [1.807, 2.05) is 56.3 Å². The van der Waals surface area contributed by atoms with Gasteiger partial charge in [0.25, 0.3) is 5.91 Å². The summed E-state index contributed by atoms with van der Waals surface area (Å²) in [5, 5.41) is 6.42. The molecule has 38 heavy (non-hydrogen) atoms. The Bertz CT molecular complexity index is 1140. The molecule has 2 aromatic carbocycles. The summed E-state index contributed by atoms with van der Waals surface area (Å²) >= 11 is 0. The van der Waals surface area contributed by atoms with Crippen molar-refractivity contribution in [3.05, 3.63) is 53.6 Å². The van der Waals surface area contributed by atoms with Crippen LogP contribution in [0.1, 0.15) is 50.3 Å². The van der Waals surface area contributed by atoms with Gasteiger partial charge in [-0.25, -0.2) is 5.01 Å². The Morgan fingerprint density at radius 1 is 0.947 bits per heavy atom. The number of hydrogen-bond acceptors (Lipinski definition) is 8. The molecule has 1 amide bonds. The van der Waals surface area contributed by atoms with Gasteiger partial charge in [0.15, 0.2) is 11.5 Å². The van der Waals surface area contributed by atoms with Crippen molar-refractivity contribution < 1.29 is 28.5 Å². The number of esters is 1. The van der Waals surface area contributed by atoms with Crippen molar-refractivity contribution in [3.63, 3.8) is 0 Å². The topological polar surface area (TPSA) is 89.9 Å². The average molecular weight is 524 g/mol. The zero-order chi connectivity index (χ0) is 27.1. The van der Waals surface area contributed by atoms with Gasteiger partial charge < -0.3 is 18.9 Å². The molecule has 1 unspecified atom stereocenters. The lowest BCUT2D eigenvalue weighted by molar-refractivity contribution is -0.149. The Morgan fingerprint density at radius 2 is 1.66 bits per heavy atom. The number of ether oxygens (including phenoxy) is 4. The third-order valence-corrected chi connectivity index (χ3v) is 7.02. The van der Waals surface area contributed by atoms with Crippen LogP contribution >= 0.6 is 0 Å². The van der Waals surface area contributed by atoms with Crippen molar-refractivity contribution in [3.8, 4) is 17.2 Å². The van der Waals surface area contributed by atoms with Gasteiger partial charge in [0.2, 0.25) is 0 Å². The third-order valence-electron chi connectivity index (χ3n) is 7.02. The highest BCUT2D eigenvalue weighted by molar-refractivity contribution is 6.03. The molecule has 0 bridgehead atoms. The lowest BCUT2D eigenvalue weighted by Gasteiger charge is -2.32. The second-order valence-electron chi connectivity index (χ2n) is 9.38. The first kappa shape index (κ1) is 27.4. The second kappa shape index (κ2) is 12.8. The van der Waals surface area contributed by atoms with Crippen molar-refractivity contribution in [2.45, 2.75) is 39.2 Å². The fraction of sp³-hybridized carbons (Fsp3) is 0.483. The number of hydrogen-bond donors (Lipinski definition) is 0. The lowest BCUT2D eigenvalue weighted by Crippen LogP contribution is -2.43. The third kappa shape index (κ3) is 6.27. The van der Waals surface area contributed by atoms with E-state index in [0.717, 1.165) is 22.6 Å². The summed E-state index contributed by atoms with van der Waals surface area (Å²) < 4.78 is 21.6. The molecule has 2 heterocycles. The minimum atomic E-state index is -0.238. The zero-order valence-corrected chi connectivity index (χ0v) is 22.6. The highest BCUT2D eigenvalue weighted by atomic mass is 16.5. The SMILES string of the molecule is CCOC(=O)C1CCN(CC(=O)N2N=C(c3ccc(OC)c(OC)c3)CC2c2ccc(OCC)cc2)CC1. The Morgan fingerprint density at radius 3 is 2.29 bits per heavy atom. The molecule has 204 valence electrons. The van der Waals surface area contributed by atoms with Crippen LogP contribution in [0.15, 0.2) is 47.6 Å². The molecule has 2 aliphatic heterocycles. The van der Waals surface area contributed by atoms with E-state index in [1.54, 1.807) is 19.2 Å². The van der Waals surface area contributed by atoms with E-state index >= 15 is 0 Å². The first-order valence-electron chi connectivity index (χ1n) is 13.2. The lowest BCUT2D eigenvalue weighted by atomic mass is 9.96. The molecule has 0 aliphatic carbocycles. The number of amides is 1. The van der Waals surface area contributed by atoms with Crippen LogP contribution in [-0.2, 0) is 14.3 Å². The van der Waals surface area contributed by atoms with E-state index in [4.69, 9.17) is 24.0 Å². The Balaban J connectivity index is 1.53. The summed E-state index contributed by atoms with van der Waals surface area (Å²) in [4.78, 5) is 27.8. The average Bonchev–Trinajstić information content (AvgIpc) is 3.39. The first-order valence-corrected chi connectivity index (χ1v) is 13.2. The largest absolute Gasteiger partial charge is 0.494 e. The molecular formula is C29H37N3O6. The molecule has 0 N–H and O–H groups in total. The number of piperidine rings is 1. The number of methoxy groups -OCH3 is 2. The Hall–Kier alpha value is -3.59. The van der Waals surface area contributed by atoms with Gasteiger partial charge in [0, 0.05) is 12.0 Å². The van der Waals surface area contributed by atoms with Crippen molar-refractivity contribution in [1.82, 2.24) is 9.91 Å². The first-order chi connectivity index (χ1) is 18.5. The maximum absolute atomic E-state index is 13.6. The predicted octanol–water partition coefficient (Wildman–Crippen LogP) is 4.06. The number of nitrogens with zero attached hydrogens (tertiary/aromatic N) is 3. The molecular weight excluding hydrogens is 486 g/mol. The predicted molar refractivity (Wildman–Crippen MR) is 144 cm³/mol. The van der Waals surface area contributed by atoms with Gasteiger partial charge in [-0.05, 0) is 75.7 Å². The summed E-state index contributed by atoms with van der Waals surface area (Å²) in [6.45, 7) is 6.33. The number of carbonyl (C=O) groups excluding carboxylic acids is 2. The van der Waals surface area contributed by atoms with Gasteiger partial charge in [0.1, 0.15) is 5.75 Å². The van der Waals surface area contributed by atoms with Crippen LogP contribution in [-0.4, -0.2) is 74.6 Å². The number of hydrazone groups is 1. The summed E-state index contributed by atoms with van der Waals surface area (Å²) in [5.74, 6) is 1.72. The summed E-state index contributed by atoms with van der Waals surface area (Å²) in [7, 11) is 3.20. The van der Waals surface area contributed by atoms with Crippen LogP contribution < -0.4 is 14.2 Å². The van der Waals surface area contributed by atoms with Crippen LogP contribution in [0.3, 0.4) is 0 Å². The molecule has 0 spiro atoms. The fourth-order valence-electron chi connectivity index (χ4n) is 4.99. The molecule has 4 rings (SSSR count). The van der Waals surface area contributed by atoms with E-state index in [-0.39, 0.29) is 30.4 Å². The molecule has 1 atom stereocenters. The fourth-order valence-corrected chi connectivity index (χ4v) is 4.99. The minimum Gasteiger partial charge on any atom is -0.494 e. The van der Waals surface area contributed by atoms with E-state index in [1.165, 1.54) is 0 Å². The van der Waals surface area contributed by atoms with Gasteiger partial charge >= 0.3 is 5.97 Å². The molecule has 0 aromatic heterocycles. The van der Waals surface area contributed by atoms with E-state index in [0.29, 0.717) is 57.1 Å². The van der Waals surface area contributed by atoms with E-state index < -0.39 is 0 Å². The Labute approximate surface area is 224 Å². The Kier molecular flexibility index (Phi) is 9.23. The van der Waals surface area contributed by atoms with Crippen molar-refractivity contribution >= 4 is 17.6 Å². The molecule has 2 aliphatic rings. The molecule has 9 heteroatoms. The molecule has 1 fully saturated rings. The van der Waals surface area contributed by atoms with Crippen LogP contribution in [0.25, 0.3) is 0 Å². The van der Waals surface area contributed by atoms with Gasteiger partial charge in [-0.1, -0.05) is 12.1 Å². The van der Waals surface area contributed by atoms with E-state index in [2.05, 4.69) is 4.90 Å². The van der Waals surface area contributed by atoms with Crippen LogP contribution in [0.2, 0.25) is 0 Å². The van der Waals surface area contributed by atoms with Crippen molar-refractivity contribution in [2.75, 3.05) is 47.1 Å². The van der Waals surface area contributed by atoms with Gasteiger partial charge in [-0.3, -0.25) is 14.5 Å². The number of carbonyl (C=O) groups is 2. The maximum Gasteiger partial charge on any atom is 0.309 e. The zero-order valence-electron chi connectivity index (χ0n) is 22.6. The highest BCUT2D eigenvalue weighted by Crippen LogP contribution is 2.36. The minimum absolute atomic E-state index is 0.0750. The van der Waals surface area contributed by atoms with Gasteiger partial charge in [-0.2, -0.15) is 5.10 Å². The molecule has 2 aromatic rings. The quantitative estimate of drug-likeness (QED) is 0.434. The summed E-state index contributed by atoms with van der Waals surface area (Å²) in [6.07, 6.45) is 1.95.